The zero-order valence-electron chi connectivity index (χ0n) is 25.2. The lowest BCUT2D eigenvalue weighted by molar-refractivity contribution is -0.163. The van der Waals surface area contributed by atoms with Gasteiger partial charge in [0, 0.05) is 6.61 Å². The minimum Gasteiger partial charge on any atom is -0.460 e. The van der Waals surface area contributed by atoms with Gasteiger partial charge in [0.05, 0.1) is 11.5 Å². The first-order valence-electron chi connectivity index (χ1n) is 14.4. The molecule has 0 saturated carbocycles. The highest BCUT2D eigenvalue weighted by Gasteiger charge is 2.42. The number of hydrogen-bond acceptors (Lipinski definition) is 6. The third kappa shape index (κ3) is 9.00. The van der Waals surface area contributed by atoms with Gasteiger partial charge in [-0.1, -0.05) is 91.0 Å². The Morgan fingerprint density at radius 2 is 1.07 bits per heavy atom. The fourth-order valence-corrected chi connectivity index (χ4v) is 5.00. The standard InChI is InChI=1S/C35H45NO5/c1-33(2,3)40-31(38)26(17-16-24-37)25-30(32(39)41-34(4,5)6)36-35(27-18-10-7-11-19-27,28-20-12-8-13-21-28)29-22-14-9-15-23-29/h7-15,18-23,26,30,36-37H,16-17,24-25H2,1-6H3. The molecule has 6 heteroatoms. The van der Waals surface area contributed by atoms with Crippen LogP contribution in [-0.4, -0.2) is 40.9 Å². The molecule has 2 atom stereocenters. The summed E-state index contributed by atoms with van der Waals surface area (Å²) in [6.45, 7) is 10.9. The molecule has 3 aromatic rings. The molecule has 220 valence electrons. The zero-order chi connectivity index (χ0) is 30.1. The smallest absolute Gasteiger partial charge is 0.323 e. The summed E-state index contributed by atoms with van der Waals surface area (Å²) < 4.78 is 11.7. The van der Waals surface area contributed by atoms with Crippen molar-refractivity contribution in [1.29, 1.82) is 0 Å². The number of esters is 2. The van der Waals surface area contributed by atoms with Crippen molar-refractivity contribution in [3.05, 3.63) is 108 Å². The second-order valence-corrected chi connectivity index (χ2v) is 12.4. The van der Waals surface area contributed by atoms with Gasteiger partial charge in [0.15, 0.2) is 0 Å². The molecule has 2 unspecified atom stereocenters. The van der Waals surface area contributed by atoms with Crippen molar-refractivity contribution >= 4 is 11.9 Å². The van der Waals surface area contributed by atoms with Gasteiger partial charge in [0.1, 0.15) is 17.2 Å². The van der Waals surface area contributed by atoms with E-state index in [1.54, 1.807) is 0 Å². The lowest BCUT2D eigenvalue weighted by Gasteiger charge is -2.40. The fraction of sp³-hybridized carbons (Fsp3) is 0.429. The quantitative estimate of drug-likeness (QED) is 0.197. The average molecular weight is 560 g/mol. The van der Waals surface area contributed by atoms with Gasteiger partial charge < -0.3 is 14.6 Å². The van der Waals surface area contributed by atoms with Gasteiger partial charge in [-0.3, -0.25) is 14.9 Å². The van der Waals surface area contributed by atoms with Crippen LogP contribution in [0.4, 0.5) is 0 Å². The number of carbonyl (C=O) groups is 2. The first-order chi connectivity index (χ1) is 19.4. The number of benzene rings is 3. The summed E-state index contributed by atoms with van der Waals surface area (Å²) in [6, 6.07) is 29.1. The van der Waals surface area contributed by atoms with Crippen molar-refractivity contribution in [2.24, 2.45) is 5.92 Å². The number of ether oxygens (including phenoxy) is 2. The van der Waals surface area contributed by atoms with Crippen LogP contribution in [0.25, 0.3) is 0 Å². The molecular weight excluding hydrogens is 514 g/mol. The monoisotopic (exact) mass is 559 g/mol. The topological polar surface area (TPSA) is 84.9 Å². The van der Waals surface area contributed by atoms with Crippen LogP contribution >= 0.6 is 0 Å². The largest absolute Gasteiger partial charge is 0.460 e. The highest BCUT2D eigenvalue weighted by molar-refractivity contribution is 5.79. The van der Waals surface area contributed by atoms with E-state index in [1.165, 1.54) is 0 Å². The molecule has 6 nitrogen and oxygen atoms in total. The Morgan fingerprint density at radius 3 is 1.44 bits per heavy atom. The first-order valence-corrected chi connectivity index (χ1v) is 14.4. The van der Waals surface area contributed by atoms with Gasteiger partial charge in [-0.2, -0.15) is 0 Å². The van der Waals surface area contributed by atoms with E-state index in [0.717, 1.165) is 16.7 Å². The maximum Gasteiger partial charge on any atom is 0.323 e. The number of carbonyl (C=O) groups excluding carboxylic acids is 2. The minimum atomic E-state index is -0.944. The van der Waals surface area contributed by atoms with Crippen molar-refractivity contribution in [3.63, 3.8) is 0 Å². The third-order valence-electron chi connectivity index (χ3n) is 6.67. The van der Waals surface area contributed by atoms with Crippen LogP contribution < -0.4 is 5.32 Å². The predicted octanol–water partition coefficient (Wildman–Crippen LogP) is 6.40. The van der Waals surface area contributed by atoms with E-state index >= 15 is 0 Å². The van der Waals surface area contributed by atoms with Crippen LogP contribution in [0, 0.1) is 5.92 Å². The van der Waals surface area contributed by atoms with Crippen LogP contribution in [0.2, 0.25) is 0 Å². The van der Waals surface area contributed by atoms with Crippen molar-refractivity contribution < 1.29 is 24.2 Å². The second-order valence-electron chi connectivity index (χ2n) is 12.4. The van der Waals surface area contributed by atoms with Crippen LogP contribution in [-0.2, 0) is 24.6 Å². The summed E-state index contributed by atoms with van der Waals surface area (Å²) >= 11 is 0. The van der Waals surface area contributed by atoms with E-state index in [9.17, 15) is 14.7 Å². The minimum absolute atomic E-state index is 0.0637. The molecule has 41 heavy (non-hydrogen) atoms. The highest BCUT2D eigenvalue weighted by Crippen LogP contribution is 2.38. The van der Waals surface area contributed by atoms with Gasteiger partial charge in [-0.15, -0.1) is 0 Å². The summed E-state index contributed by atoms with van der Waals surface area (Å²) in [5.41, 5.74) is 0.449. The summed E-state index contributed by atoms with van der Waals surface area (Å²) in [4.78, 5) is 27.4. The predicted molar refractivity (Wildman–Crippen MR) is 162 cm³/mol. The number of hydrogen-bond donors (Lipinski definition) is 2. The first kappa shape index (κ1) is 32.0. The van der Waals surface area contributed by atoms with Gasteiger partial charge >= 0.3 is 11.9 Å². The molecular formula is C35H45NO5. The molecule has 0 aliphatic rings. The Morgan fingerprint density at radius 1 is 0.683 bits per heavy atom. The molecule has 3 rings (SSSR count). The van der Waals surface area contributed by atoms with Crippen molar-refractivity contribution in [2.75, 3.05) is 6.61 Å². The fourth-order valence-electron chi connectivity index (χ4n) is 5.00. The highest BCUT2D eigenvalue weighted by atomic mass is 16.6. The maximum atomic E-state index is 14.0. The normalized spacial score (nSPS) is 13.7. The molecule has 0 aromatic heterocycles. The van der Waals surface area contributed by atoms with Crippen LogP contribution in [0.15, 0.2) is 91.0 Å². The summed E-state index contributed by atoms with van der Waals surface area (Å²) in [5.74, 6) is -1.49. The van der Waals surface area contributed by atoms with Gasteiger partial charge in [0.2, 0.25) is 0 Å². The molecule has 0 amide bonds. The summed E-state index contributed by atoms with van der Waals surface area (Å²) in [5, 5.41) is 13.3. The number of rotatable bonds is 12. The van der Waals surface area contributed by atoms with Crippen LogP contribution in [0.1, 0.15) is 77.5 Å². The average Bonchev–Trinajstić information content (AvgIpc) is 2.92. The molecule has 0 fully saturated rings. The van der Waals surface area contributed by atoms with E-state index in [-0.39, 0.29) is 13.0 Å². The lowest BCUT2D eigenvalue weighted by Crippen LogP contribution is -2.54. The van der Waals surface area contributed by atoms with Crippen molar-refractivity contribution in [1.82, 2.24) is 5.32 Å². The molecule has 0 radical (unpaired) electrons. The van der Waals surface area contributed by atoms with E-state index in [1.807, 2.05) is 133 Å². The van der Waals surface area contributed by atoms with E-state index in [0.29, 0.717) is 12.8 Å². The van der Waals surface area contributed by atoms with Crippen molar-refractivity contribution in [3.8, 4) is 0 Å². The Hall–Kier alpha value is -3.48. The van der Waals surface area contributed by atoms with Crippen LogP contribution in [0.5, 0.6) is 0 Å². The molecule has 0 saturated heterocycles. The lowest BCUT2D eigenvalue weighted by atomic mass is 9.76. The second kappa shape index (κ2) is 13.9. The van der Waals surface area contributed by atoms with Crippen molar-refractivity contribution in [2.45, 2.75) is 83.6 Å². The molecule has 0 aliphatic heterocycles. The SMILES string of the molecule is CC(C)(C)OC(=O)C(CCCO)CC(NC(c1ccccc1)(c1ccccc1)c1ccccc1)C(=O)OC(C)(C)C. The zero-order valence-corrected chi connectivity index (χ0v) is 25.2. The van der Waals surface area contributed by atoms with Gasteiger partial charge in [-0.05, 0) is 77.5 Å². The summed E-state index contributed by atoms with van der Waals surface area (Å²) in [6.07, 6.45) is 0.922. The number of aliphatic hydroxyl groups is 1. The molecule has 0 heterocycles. The Bertz CT molecular complexity index is 1130. The van der Waals surface area contributed by atoms with Gasteiger partial charge in [-0.25, -0.2) is 0 Å². The van der Waals surface area contributed by atoms with E-state index in [4.69, 9.17) is 9.47 Å². The van der Waals surface area contributed by atoms with E-state index in [2.05, 4.69) is 5.32 Å². The molecule has 2 N–H and O–H groups in total. The number of nitrogens with one attached hydrogen (secondary N) is 1. The van der Waals surface area contributed by atoms with Crippen LogP contribution in [0.3, 0.4) is 0 Å². The molecule has 0 aliphatic carbocycles. The third-order valence-corrected chi connectivity index (χ3v) is 6.67. The maximum absolute atomic E-state index is 14.0. The molecule has 0 bridgehead atoms. The van der Waals surface area contributed by atoms with Gasteiger partial charge in [0.25, 0.3) is 0 Å². The Kier molecular flexibility index (Phi) is 10.9. The van der Waals surface area contributed by atoms with E-state index < -0.39 is 40.6 Å². The Labute approximate surface area is 245 Å². The molecule has 0 spiro atoms. The molecule has 3 aromatic carbocycles. The summed E-state index contributed by atoms with van der Waals surface area (Å²) in [7, 11) is 0. The number of aliphatic hydroxyl groups excluding tert-OH is 1. The Balaban J connectivity index is 2.20.